The monoisotopic (exact) mass is 316 g/mol. The summed E-state index contributed by atoms with van der Waals surface area (Å²) in [6, 6.07) is 15.8. The molecule has 0 aliphatic rings. The van der Waals surface area contributed by atoms with Crippen LogP contribution < -0.4 is 0 Å². The predicted octanol–water partition coefficient (Wildman–Crippen LogP) is 5.65. The number of rotatable bonds is 0. The quantitative estimate of drug-likeness (QED) is 0.432. The number of nitrogens with one attached hydrogen (secondary N) is 1. The number of H-pyrrole nitrogens is 1. The normalized spacial score (nSPS) is 10.6. The summed E-state index contributed by atoms with van der Waals surface area (Å²) in [6.45, 7) is 0. The Morgan fingerprint density at radius 1 is 0.857 bits per heavy atom. The van der Waals surface area contributed by atoms with Crippen molar-refractivity contribution in [3.05, 3.63) is 71.0 Å². The summed E-state index contributed by atoms with van der Waals surface area (Å²) in [5.41, 5.74) is 2.27. The molecule has 1 N–H and O–H groups in total. The van der Waals surface area contributed by atoms with Crippen molar-refractivity contribution < 1.29 is 0 Å². The fourth-order valence-corrected chi connectivity index (χ4v) is 2.59. The van der Waals surface area contributed by atoms with Gasteiger partial charge < -0.3 is 9.55 Å². The first-order valence-corrected chi connectivity index (χ1v) is 7.32. The van der Waals surface area contributed by atoms with E-state index < -0.39 is 0 Å². The Hall–Kier alpha value is -1.90. The van der Waals surface area contributed by atoms with Gasteiger partial charge in [-0.05, 0) is 47.2 Å². The molecule has 2 aromatic heterocycles. The van der Waals surface area contributed by atoms with Crippen molar-refractivity contribution in [2.75, 3.05) is 0 Å². The zero-order valence-corrected chi connectivity index (χ0v) is 13.0. The van der Waals surface area contributed by atoms with Crippen LogP contribution in [-0.2, 0) is 7.05 Å². The molecular weight excluding hydrogens is 303 g/mol. The van der Waals surface area contributed by atoms with Gasteiger partial charge in [0.1, 0.15) is 0 Å². The van der Waals surface area contributed by atoms with Crippen molar-refractivity contribution in [1.82, 2.24) is 9.55 Å². The molecule has 2 aromatic carbocycles. The van der Waals surface area contributed by atoms with Crippen molar-refractivity contribution in [2.24, 2.45) is 7.05 Å². The Morgan fingerprint density at radius 3 is 2.38 bits per heavy atom. The average Bonchev–Trinajstić information content (AvgIpc) is 3.06. The first kappa shape index (κ1) is 14.1. The average molecular weight is 317 g/mol. The summed E-state index contributed by atoms with van der Waals surface area (Å²) in [6.07, 6.45) is 3.93. The van der Waals surface area contributed by atoms with Gasteiger partial charge in [0.05, 0.1) is 0 Å². The molecule has 0 aliphatic heterocycles. The predicted molar refractivity (Wildman–Crippen MR) is 91.2 cm³/mol. The minimum atomic E-state index is 0.773. The molecule has 0 aliphatic carbocycles. The van der Waals surface area contributed by atoms with Crippen LogP contribution in [0.3, 0.4) is 0 Å². The molecule has 106 valence electrons. The Morgan fingerprint density at radius 2 is 1.57 bits per heavy atom. The summed E-state index contributed by atoms with van der Waals surface area (Å²) in [7, 11) is 2.01. The van der Waals surface area contributed by atoms with Crippen molar-refractivity contribution in [3.63, 3.8) is 0 Å². The number of halogens is 2. The number of nitrogens with zero attached hydrogens (tertiary/aromatic N) is 1. The third-order valence-corrected chi connectivity index (χ3v) is 3.84. The van der Waals surface area contributed by atoms with Crippen molar-refractivity contribution in [3.8, 4) is 0 Å². The smallest absolute Gasteiger partial charge is 0.0492 e. The van der Waals surface area contributed by atoms with Crippen LogP contribution in [-0.4, -0.2) is 9.55 Å². The summed E-state index contributed by atoms with van der Waals surface area (Å²) in [5.74, 6) is 0. The van der Waals surface area contributed by atoms with Crippen LogP contribution >= 0.6 is 23.2 Å². The molecule has 0 fully saturated rings. The van der Waals surface area contributed by atoms with Crippen LogP contribution in [0.2, 0.25) is 10.0 Å². The molecule has 0 saturated heterocycles. The lowest BCUT2D eigenvalue weighted by atomic mass is 10.2. The van der Waals surface area contributed by atoms with Gasteiger partial charge in [-0.3, -0.25) is 0 Å². The van der Waals surface area contributed by atoms with Gasteiger partial charge in [-0.2, -0.15) is 0 Å². The van der Waals surface area contributed by atoms with Gasteiger partial charge in [0.2, 0.25) is 0 Å². The highest BCUT2D eigenvalue weighted by Crippen LogP contribution is 2.19. The van der Waals surface area contributed by atoms with Crippen LogP contribution in [0.25, 0.3) is 21.8 Å². The molecule has 0 bridgehead atoms. The Labute approximate surface area is 132 Å². The minimum Gasteiger partial charge on any atom is -0.361 e. The van der Waals surface area contributed by atoms with Gasteiger partial charge in [0.25, 0.3) is 0 Å². The molecule has 2 heterocycles. The van der Waals surface area contributed by atoms with E-state index in [1.807, 2.05) is 61.9 Å². The van der Waals surface area contributed by atoms with Gasteiger partial charge >= 0.3 is 0 Å². The second-order valence-corrected chi connectivity index (χ2v) is 5.71. The van der Waals surface area contributed by atoms with Crippen molar-refractivity contribution in [2.45, 2.75) is 0 Å². The number of benzene rings is 2. The maximum atomic E-state index is 5.83. The summed E-state index contributed by atoms with van der Waals surface area (Å²) < 4.78 is 2.06. The third kappa shape index (κ3) is 3.07. The van der Waals surface area contributed by atoms with Gasteiger partial charge in [0.15, 0.2) is 0 Å². The summed E-state index contributed by atoms with van der Waals surface area (Å²) in [5, 5.41) is 4.00. The van der Waals surface area contributed by atoms with Gasteiger partial charge in [0, 0.05) is 40.5 Å². The Balaban J connectivity index is 0.000000126. The van der Waals surface area contributed by atoms with Crippen LogP contribution in [0.1, 0.15) is 0 Å². The number of hydrogen-bond donors (Lipinski definition) is 1. The number of aromatic amines is 1. The van der Waals surface area contributed by atoms with E-state index in [0.29, 0.717) is 0 Å². The van der Waals surface area contributed by atoms with Crippen LogP contribution in [0.5, 0.6) is 0 Å². The van der Waals surface area contributed by atoms with Gasteiger partial charge in [-0.25, -0.2) is 0 Å². The summed E-state index contributed by atoms with van der Waals surface area (Å²) >= 11 is 11.6. The SMILES string of the molecule is Clc1ccc2cc[nH]c2c1.Cn1ccc2ccc(Cl)cc21. The highest BCUT2D eigenvalue weighted by atomic mass is 35.5. The zero-order chi connectivity index (χ0) is 14.8. The fraction of sp³-hybridized carbons (Fsp3) is 0.0588. The largest absolute Gasteiger partial charge is 0.361 e. The highest BCUT2D eigenvalue weighted by molar-refractivity contribution is 6.31. The van der Waals surface area contributed by atoms with E-state index in [1.54, 1.807) is 0 Å². The Bertz CT molecular complexity index is 890. The van der Waals surface area contributed by atoms with E-state index in [4.69, 9.17) is 23.2 Å². The molecule has 4 heteroatoms. The first-order valence-electron chi connectivity index (χ1n) is 6.57. The third-order valence-electron chi connectivity index (χ3n) is 3.37. The molecule has 0 saturated carbocycles. The molecule has 0 unspecified atom stereocenters. The molecular formula is C17H14Cl2N2. The standard InChI is InChI=1S/C9H8ClN.C8H6ClN/c1-11-5-4-7-2-3-8(10)6-9(7)11;9-7-2-1-6-3-4-10-8(6)5-7/h2-6H,1H3;1-5,10H. The lowest BCUT2D eigenvalue weighted by Gasteiger charge is -1.95. The van der Waals surface area contributed by atoms with E-state index in [1.165, 1.54) is 16.3 Å². The zero-order valence-electron chi connectivity index (χ0n) is 11.5. The molecule has 2 nitrogen and oxygen atoms in total. The highest BCUT2D eigenvalue weighted by Gasteiger charge is 1.96. The minimum absolute atomic E-state index is 0.773. The van der Waals surface area contributed by atoms with E-state index in [-0.39, 0.29) is 0 Å². The molecule has 0 spiro atoms. The topological polar surface area (TPSA) is 20.7 Å². The number of aryl methyl sites for hydroxylation is 1. The van der Waals surface area contributed by atoms with Crippen LogP contribution in [0.4, 0.5) is 0 Å². The maximum Gasteiger partial charge on any atom is 0.0492 e. The molecule has 0 amide bonds. The van der Waals surface area contributed by atoms with E-state index in [2.05, 4.69) is 15.6 Å². The lowest BCUT2D eigenvalue weighted by Crippen LogP contribution is -1.82. The van der Waals surface area contributed by atoms with Crippen molar-refractivity contribution >= 4 is 45.0 Å². The van der Waals surface area contributed by atoms with E-state index in [0.717, 1.165) is 15.6 Å². The fourth-order valence-electron chi connectivity index (χ4n) is 2.26. The molecule has 0 radical (unpaired) electrons. The van der Waals surface area contributed by atoms with Crippen LogP contribution in [0, 0.1) is 0 Å². The first-order chi connectivity index (χ1) is 10.1. The van der Waals surface area contributed by atoms with Crippen molar-refractivity contribution in [1.29, 1.82) is 0 Å². The van der Waals surface area contributed by atoms with Gasteiger partial charge in [-0.1, -0.05) is 35.3 Å². The molecule has 4 rings (SSSR count). The molecule has 0 atom stereocenters. The maximum absolute atomic E-state index is 5.83. The molecule has 21 heavy (non-hydrogen) atoms. The lowest BCUT2D eigenvalue weighted by molar-refractivity contribution is 0.969. The second-order valence-electron chi connectivity index (χ2n) is 4.84. The van der Waals surface area contributed by atoms with Crippen LogP contribution in [0.15, 0.2) is 60.9 Å². The van der Waals surface area contributed by atoms with E-state index >= 15 is 0 Å². The molecule has 4 aromatic rings. The second kappa shape index (κ2) is 5.84. The summed E-state index contributed by atoms with van der Waals surface area (Å²) in [4.78, 5) is 3.08. The number of fused-ring (bicyclic) bond motifs is 2. The van der Waals surface area contributed by atoms with E-state index in [9.17, 15) is 0 Å². The number of hydrogen-bond acceptors (Lipinski definition) is 0. The Kier molecular flexibility index (Phi) is 3.91. The number of aromatic nitrogens is 2. The van der Waals surface area contributed by atoms with Gasteiger partial charge in [-0.15, -0.1) is 0 Å².